The van der Waals surface area contributed by atoms with E-state index in [1.807, 2.05) is 0 Å². The van der Waals surface area contributed by atoms with Gasteiger partial charge in [-0.05, 0) is 25.2 Å². The number of thiazole rings is 1. The van der Waals surface area contributed by atoms with Gasteiger partial charge in [-0.2, -0.15) is 4.98 Å². The van der Waals surface area contributed by atoms with E-state index in [1.54, 1.807) is 0 Å². The van der Waals surface area contributed by atoms with Crippen LogP contribution in [0.15, 0.2) is 9.59 Å². The molecular weight excluding hydrogens is 404 g/mol. The van der Waals surface area contributed by atoms with Gasteiger partial charge in [0.25, 0.3) is 5.56 Å². The van der Waals surface area contributed by atoms with E-state index in [9.17, 15) is 24.3 Å². The third-order valence-electron chi connectivity index (χ3n) is 5.19. The highest BCUT2D eigenvalue weighted by Crippen LogP contribution is 2.45. The van der Waals surface area contributed by atoms with Crippen molar-refractivity contribution in [3.05, 3.63) is 20.0 Å². The summed E-state index contributed by atoms with van der Waals surface area (Å²) in [7, 11) is 0. The molecule has 29 heavy (non-hydrogen) atoms. The zero-order valence-electron chi connectivity index (χ0n) is 15.5. The number of rotatable bonds is 6. The third-order valence-corrected chi connectivity index (χ3v) is 6.13. The van der Waals surface area contributed by atoms with E-state index in [1.165, 1.54) is 11.5 Å². The molecule has 0 bridgehead atoms. The second-order valence-electron chi connectivity index (χ2n) is 7.41. The fourth-order valence-corrected chi connectivity index (χ4v) is 4.76. The maximum atomic E-state index is 12.7. The highest BCUT2D eigenvalue weighted by atomic mass is 32.1. The molecule has 2 aromatic rings. The van der Waals surface area contributed by atoms with Crippen LogP contribution in [-0.2, 0) is 19.1 Å². The standard InChI is InChI=1S/C17H20N4O7S/c1-6(22)27-11(7-2-3-7)9-4-8(5-10(23)24)15(28-9)21-13-12(29-17(21)26)14(25)20-16(18)19-13/h7-9,11,15H,2-5H2,1H3,(H,23,24)(H3,18,19,20,25)/t8-,9+,11?,15-/m1/s1. The number of anilines is 1. The number of hydrogen-bond donors (Lipinski definition) is 3. The van der Waals surface area contributed by atoms with Crippen LogP contribution >= 0.6 is 11.3 Å². The van der Waals surface area contributed by atoms with Crippen molar-refractivity contribution in [1.29, 1.82) is 0 Å². The second kappa shape index (κ2) is 7.26. The van der Waals surface area contributed by atoms with E-state index in [2.05, 4.69) is 9.97 Å². The summed E-state index contributed by atoms with van der Waals surface area (Å²) in [5.41, 5.74) is 5.13. The van der Waals surface area contributed by atoms with Gasteiger partial charge in [0, 0.05) is 12.8 Å². The maximum absolute atomic E-state index is 12.7. The van der Waals surface area contributed by atoms with Gasteiger partial charge >= 0.3 is 16.8 Å². The molecule has 0 aromatic carbocycles. The average Bonchev–Trinajstić information content (AvgIpc) is 3.30. The monoisotopic (exact) mass is 424 g/mol. The van der Waals surface area contributed by atoms with Gasteiger partial charge in [0.15, 0.2) is 5.65 Å². The number of esters is 1. The molecule has 0 radical (unpaired) electrons. The van der Waals surface area contributed by atoms with Crippen molar-refractivity contribution in [3.8, 4) is 0 Å². The maximum Gasteiger partial charge on any atom is 0.311 e. The molecule has 1 saturated carbocycles. The Kier molecular flexibility index (Phi) is 4.90. The Labute approximate surface area is 167 Å². The summed E-state index contributed by atoms with van der Waals surface area (Å²) in [6, 6.07) is 0. The molecule has 11 nitrogen and oxygen atoms in total. The molecule has 156 valence electrons. The van der Waals surface area contributed by atoms with Crippen molar-refractivity contribution in [3.63, 3.8) is 0 Å². The SMILES string of the molecule is CC(=O)OC(C1CC1)[C@@H]1C[C@H](CC(=O)O)[C@H](n2c(=O)sc3c(=O)[nH]c(N)nc32)O1. The number of carboxylic acid groups (broad SMARTS) is 1. The van der Waals surface area contributed by atoms with E-state index < -0.39 is 46.7 Å². The predicted molar refractivity (Wildman–Crippen MR) is 101 cm³/mol. The van der Waals surface area contributed by atoms with Crippen LogP contribution in [0.3, 0.4) is 0 Å². The van der Waals surface area contributed by atoms with Gasteiger partial charge in [-0.3, -0.25) is 28.7 Å². The lowest BCUT2D eigenvalue weighted by Crippen LogP contribution is -2.33. The minimum Gasteiger partial charge on any atom is -0.481 e. The molecule has 1 aliphatic carbocycles. The molecule has 4 rings (SSSR count). The van der Waals surface area contributed by atoms with Crippen LogP contribution in [-0.4, -0.2) is 43.8 Å². The number of aliphatic carboxylic acids is 1. The Morgan fingerprint density at radius 1 is 1.45 bits per heavy atom. The number of aromatic amines is 1. The van der Waals surface area contributed by atoms with Gasteiger partial charge in [0.2, 0.25) is 5.95 Å². The topological polar surface area (TPSA) is 167 Å². The van der Waals surface area contributed by atoms with Crippen LogP contribution in [0, 0.1) is 11.8 Å². The van der Waals surface area contributed by atoms with Crippen molar-refractivity contribution in [2.75, 3.05) is 5.73 Å². The first-order valence-corrected chi connectivity index (χ1v) is 10.0. The molecule has 3 heterocycles. The van der Waals surface area contributed by atoms with Crippen LogP contribution in [0.1, 0.15) is 38.8 Å². The van der Waals surface area contributed by atoms with Crippen LogP contribution in [0.25, 0.3) is 10.3 Å². The molecule has 2 aromatic heterocycles. The summed E-state index contributed by atoms with van der Waals surface area (Å²) in [5, 5.41) is 9.34. The van der Waals surface area contributed by atoms with Crippen LogP contribution in [0.4, 0.5) is 5.95 Å². The number of nitrogen functional groups attached to an aromatic ring is 1. The molecular formula is C17H20N4O7S. The first kappa shape index (κ1) is 19.6. The molecule has 1 saturated heterocycles. The lowest BCUT2D eigenvalue weighted by Gasteiger charge is -2.23. The van der Waals surface area contributed by atoms with E-state index in [-0.39, 0.29) is 28.6 Å². The largest absolute Gasteiger partial charge is 0.481 e. The summed E-state index contributed by atoms with van der Waals surface area (Å²) >= 11 is 0.694. The summed E-state index contributed by atoms with van der Waals surface area (Å²) in [5.74, 6) is -2.05. The Bertz CT molecular complexity index is 1090. The van der Waals surface area contributed by atoms with E-state index in [4.69, 9.17) is 15.2 Å². The molecule has 4 N–H and O–H groups in total. The Morgan fingerprint density at radius 3 is 2.79 bits per heavy atom. The van der Waals surface area contributed by atoms with Crippen molar-refractivity contribution < 1.29 is 24.2 Å². The molecule has 4 atom stereocenters. The highest BCUT2D eigenvalue weighted by molar-refractivity contribution is 7.16. The number of nitrogens with two attached hydrogens (primary N) is 1. The molecule has 0 spiro atoms. The number of nitrogens with zero attached hydrogens (tertiary/aromatic N) is 2. The first-order valence-electron chi connectivity index (χ1n) is 9.20. The lowest BCUT2D eigenvalue weighted by atomic mass is 9.95. The molecule has 12 heteroatoms. The molecule has 2 aliphatic rings. The summed E-state index contributed by atoms with van der Waals surface area (Å²) in [4.78, 5) is 53.6. The zero-order chi connectivity index (χ0) is 20.9. The number of carboxylic acids is 1. The quantitative estimate of drug-likeness (QED) is 0.558. The summed E-state index contributed by atoms with van der Waals surface area (Å²) < 4.78 is 12.8. The van der Waals surface area contributed by atoms with Crippen LogP contribution in [0.5, 0.6) is 0 Å². The smallest absolute Gasteiger partial charge is 0.311 e. The van der Waals surface area contributed by atoms with Crippen molar-refractivity contribution in [2.24, 2.45) is 11.8 Å². The number of carbonyl (C=O) groups is 2. The fraction of sp³-hybridized carbons (Fsp3) is 0.588. The fourth-order valence-electron chi connectivity index (χ4n) is 3.91. The lowest BCUT2D eigenvalue weighted by molar-refractivity contribution is -0.158. The van der Waals surface area contributed by atoms with Gasteiger partial charge in [0.1, 0.15) is 17.0 Å². The number of hydrogen-bond acceptors (Lipinski definition) is 9. The summed E-state index contributed by atoms with van der Waals surface area (Å²) in [6.07, 6.45) is -0.183. The number of H-pyrrole nitrogens is 1. The number of carbonyl (C=O) groups excluding carboxylic acids is 1. The van der Waals surface area contributed by atoms with Crippen molar-refractivity contribution in [2.45, 2.75) is 51.0 Å². The third kappa shape index (κ3) is 3.77. The van der Waals surface area contributed by atoms with Gasteiger partial charge in [-0.25, -0.2) is 0 Å². The predicted octanol–water partition coefficient (Wildman–Crippen LogP) is 0.449. The van der Waals surface area contributed by atoms with Gasteiger partial charge in [-0.15, -0.1) is 0 Å². The number of nitrogens with one attached hydrogen (secondary N) is 1. The van der Waals surface area contributed by atoms with Crippen LogP contribution < -0.4 is 16.2 Å². The Morgan fingerprint density at radius 2 is 2.17 bits per heavy atom. The minimum absolute atomic E-state index is 0.0535. The molecule has 2 fully saturated rings. The van der Waals surface area contributed by atoms with E-state index in [0.717, 1.165) is 12.8 Å². The number of aromatic nitrogens is 3. The average molecular weight is 424 g/mol. The van der Waals surface area contributed by atoms with E-state index >= 15 is 0 Å². The van der Waals surface area contributed by atoms with E-state index in [0.29, 0.717) is 17.8 Å². The normalized spacial score (nSPS) is 25.2. The number of ether oxygens (including phenoxy) is 2. The minimum atomic E-state index is -1.04. The number of fused-ring (bicyclic) bond motifs is 1. The second-order valence-corrected chi connectivity index (χ2v) is 8.37. The van der Waals surface area contributed by atoms with Gasteiger partial charge < -0.3 is 20.3 Å². The molecule has 1 aliphatic heterocycles. The van der Waals surface area contributed by atoms with Crippen molar-refractivity contribution in [1.82, 2.24) is 14.5 Å². The Hall–Kier alpha value is -2.73. The molecule has 1 unspecified atom stereocenters. The van der Waals surface area contributed by atoms with Crippen LogP contribution in [0.2, 0.25) is 0 Å². The first-order chi connectivity index (χ1) is 13.7. The van der Waals surface area contributed by atoms with Crippen molar-refractivity contribution >= 4 is 39.6 Å². The van der Waals surface area contributed by atoms with Gasteiger partial charge in [-0.1, -0.05) is 11.3 Å². The van der Waals surface area contributed by atoms with Gasteiger partial charge in [0.05, 0.1) is 12.5 Å². The summed E-state index contributed by atoms with van der Waals surface area (Å²) in [6.45, 7) is 1.31. The Balaban J connectivity index is 1.75. The highest BCUT2D eigenvalue weighted by Gasteiger charge is 2.48. The molecule has 0 amide bonds. The zero-order valence-corrected chi connectivity index (χ0v) is 16.3.